The van der Waals surface area contributed by atoms with Crippen LogP contribution in [0.1, 0.15) is 17.3 Å². The fourth-order valence-corrected chi connectivity index (χ4v) is 1.87. The van der Waals surface area contributed by atoms with E-state index in [4.69, 9.17) is 5.26 Å². The van der Waals surface area contributed by atoms with Crippen LogP contribution in [-0.4, -0.2) is 44.6 Å². The Labute approximate surface area is 116 Å². The second-order valence-corrected chi connectivity index (χ2v) is 4.49. The minimum absolute atomic E-state index is 0.168. The molecule has 0 aliphatic heterocycles. The molecule has 102 valence electrons. The highest BCUT2D eigenvalue weighted by Crippen LogP contribution is 2.15. The molecule has 2 rings (SSSR count). The SMILES string of the molecule is CC(C#N)CN(C)C(=O)c1ccccc1-n1cnnn1. The monoisotopic (exact) mass is 270 g/mol. The van der Waals surface area contributed by atoms with E-state index in [-0.39, 0.29) is 11.8 Å². The maximum absolute atomic E-state index is 12.4. The molecule has 1 heterocycles. The average molecular weight is 270 g/mol. The molecule has 0 radical (unpaired) electrons. The number of tetrazole rings is 1. The van der Waals surface area contributed by atoms with Crippen LogP contribution in [0.25, 0.3) is 5.69 Å². The zero-order valence-electron chi connectivity index (χ0n) is 11.3. The molecule has 7 nitrogen and oxygen atoms in total. The van der Waals surface area contributed by atoms with Gasteiger partial charge in [-0.3, -0.25) is 4.79 Å². The summed E-state index contributed by atoms with van der Waals surface area (Å²) in [5.74, 6) is -0.387. The van der Waals surface area contributed by atoms with Crippen LogP contribution in [0.15, 0.2) is 30.6 Å². The van der Waals surface area contributed by atoms with Crippen molar-refractivity contribution in [3.63, 3.8) is 0 Å². The first-order chi connectivity index (χ1) is 9.63. The molecule has 1 aromatic carbocycles. The quantitative estimate of drug-likeness (QED) is 0.823. The number of nitrogens with zero attached hydrogens (tertiary/aromatic N) is 6. The summed E-state index contributed by atoms with van der Waals surface area (Å²) in [7, 11) is 1.67. The fourth-order valence-electron chi connectivity index (χ4n) is 1.87. The molecular formula is C13H14N6O. The Balaban J connectivity index is 2.29. The summed E-state index contributed by atoms with van der Waals surface area (Å²) < 4.78 is 1.44. The number of para-hydroxylation sites is 1. The lowest BCUT2D eigenvalue weighted by Gasteiger charge is -2.19. The van der Waals surface area contributed by atoms with Crippen LogP contribution in [-0.2, 0) is 0 Å². The number of carbonyl (C=O) groups excluding carboxylic acids is 1. The van der Waals surface area contributed by atoms with Crippen molar-refractivity contribution in [1.29, 1.82) is 5.26 Å². The highest BCUT2D eigenvalue weighted by Gasteiger charge is 2.18. The van der Waals surface area contributed by atoms with Crippen molar-refractivity contribution in [2.45, 2.75) is 6.92 Å². The molecule has 0 aliphatic rings. The Bertz CT molecular complexity index is 631. The van der Waals surface area contributed by atoms with Gasteiger partial charge in [0.1, 0.15) is 6.33 Å². The van der Waals surface area contributed by atoms with Crippen molar-refractivity contribution in [2.75, 3.05) is 13.6 Å². The first-order valence-corrected chi connectivity index (χ1v) is 6.11. The van der Waals surface area contributed by atoms with Gasteiger partial charge in [-0.05, 0) is 29.5 Å². The van der Waals surface area contributed by atoms with Crippen molar-refractivity contribution in [3.05, 3.63) is 36.2 Å². The molecule has 0 N–H and O–H groups in total. The summed E-state index contributed by atoms with van der Waals surface area (Å²) in [6.45, 7) is 2.15. The number of benzene rings is 1. The number of carbonyl (C=O) groups is 1. The molecule has 0 aliphatic carbocycles. The van der Waals surface area contributed by atoms with E-state index in [0.29, 0.717) is 17.8 Å². The summed E-state index contributed by atoms with van der Waals surface area (Å²) in [6, 6.07) is 9.19. The van der Waals surface area contributed by atoms with Gasteiger partial charge in [0.2, 0.25) is 0 Å². The van der Waals surface area contributed by atoms with Crippen molar-refractivity contribution < 1.29 is 4.79 Å². The van der Waals surface area contributed by atoms with Crippen LogP contribution in [0.3, 0.4) is 0 Å². The Kier molecular flexibility index (Phi) is 4.05. The molecule has 2 aromatic rings. The smallest absolute Gasteiger partial charge is 0.255 e. The molecule has 0 saturated carbocycles. The van der Waals surface area contributed by atoms with Gasteiger partial charge in [0.05, 0.1) is 23.2 Å². The van der Waals surface area contributed by atoms with E-state index in [2.05, 4.69) is 21.6 Å². The molecule has 0 fully saturated rings. The molecule has 20 heavy (non-hydrogen) atoms. The first-order valence-electron chi connectivity index (χ1n) is 6.11. The van der Waals surface area contributed by atoms with Crippen LogP contribution < -0.4 is 0 Å². The maximum Gasteiger partial charge on any atom is 0.255 e. The highest BCUT2D eigenvalue weighted by molar-refractivity contribution is 5.97. The normalized spacial score (nSPS) is 11.7. The van der Waals surface area contributed by atoms with Crippen molar-refractivity contribution >= 4 is 5.91 Å². The van der Waals surface area contributed by atoms with Gasteiger partial charge < -0.3 is 4.90 Å². The third-order valence-corrected chi connectivity index (χ3v) is 2.85. The van der Waals surface area contributed by atoms with Gasteiger partial charge in [0, 0.05) is 13.6 Å². The van der Waals surface area contributed by atoms with E-state index < -0.39 is 0 Å². The number of aromatic nitrogens is 4. The maximum atomic E-state index is 12.4. The van der Waals surface area contributed by atoms with E-state index in [1.165, 1.54) is 15.9 Å². The first kappa shape index (κ1) is 13.7. The summed E-state index contributed by atoms with van der Waals surface area (Å²) in [5, 5.41) is 19.8. The molecule has 1 unspecified atom stereocenters. The van der Waals surface area contributed by atoms with Gasteiger partial charge in [-0.15, -0.1) is 5.10 Å². The Morgan fingerprint density at radius 3 is 2.90 bits per heavy atom. The minimum Gasteiger partial charge on any atom is -0.340 e. The average Bonchev–Trinajstić information content (AvgIpc) is 3.00. The summed E-state index contributed by atoms with van der Waals surface area (Å²) in [5.41, 5.74) is 1.10. The molecule has 0 spiro atoms. The molecule has 0 bridgehead atoms. The predicted octanol–water partition coefficient (Wildman–Crippen LogP) is 0.894. The van der Waals surface area contributed by atoms with Crippen molar-refractivity contribution in [1.82, 2.24) is 25.1 Å². The van der Waals surface area contributed by atoms with Crippen molar-refractivity contribution in [3.8, 4) is 11.8 Å². The third-order valence-electron chi connectivity index (χ3n) is 2.85. The van der Waals surface area contributed by atoms with Gasteiger partial charge in [0.15, 0.2) is 0 Å². The van der Waals surface area contributed by atoms with Crippen LogP contribution in [0.4, 0.5) is 0 Å². The fraction of sp³-hybridized carbons (Fsp3) is 0.308. The standard InChI is InChI=1S/C13H14N6O/c1-10(7-14)8-18(2)13(20)11-5-3-4-6-12(11)19-9-15-16-17-19/h3-6,9-10H,8H2,1-2H3. The third kappa shape index (κ3) is 2.80. The number of nitriles is 1. The van der Waals surface area contributed by atoms with E-state index in [0.717, 1.165) is 0 Å². The van der Waals surface area contributed by atoms with Crippen molar-refractivity contribution in [2.24, 2.45) is 5.92 Å². The summed E-state index contributed by atoms with van der Waals surface area (Å²) in [4.78, 5) is 14.0. The number of rotatable bonds is 4. The highest BCUT2D eigenvalue weighted by atomic mass is 16.2. The van der Waals surface area contributed by atoms with Crippen LogP contribution in [0.5, 0.6) is 0 Å². The van der Waals surface area contributed by atoms with Gasteiger partial charge in [0.25, 0.3) is 5.91 Å². The van der Waals surface area contributed by atoms with Gasteiger partial charge in [-0.2, -0.15) is 9.94 Å². The zero-order valence-corrected chi connectivity index (χ0v) is 11.3. The Morgan fingerprint density at radius 2 is 2.25 bits per heavy atom. The number of amides is 1. The predicted molar refractivity (Wildman–Crippen MR) is 70.9 cm³/mol. The molecule has 1 aromatic heterocycles. The molecule has 0 saturated heterocycles. The second-order valence-electron chi connectivity index (χ2n) is 4.49. The van der Waals surface area contributed by atoms with E-state index >= 15 is 0 Å². The van der Waals surface area contributed by atoms with E-state index in [1.54, 1.807) is 32.2 Å². The Morgan fingerprint density at radius 1 is 1.50 bits per heavy atom. The zero-order chi connectivity index (χ0) is 14.5. The van der Waals surface area contributed by atoms with Crippen LogP contribution >= 0.6 is 0 Å². The topological polar surface area (TPSA) is 87.7 Å². The lowest BCUT2D eigenvalue weighted by Crippen LogP contribution is -2.31. The van der Waals surface area contributed by atoms with E-state index in [1.807, 2.05) is 6.07 Å². The second kappa shape index (κ2) is 5.93. The number of hydrogen-bond donors (Lipinski definition) is 0. The molecular weight excluding hydrogens is 256 g/mol. The largest absolute Gasteiger partial charge is 0.340 e. The number of hydrogen-bond acceptors (Lipinski definition) is 5. The van der Waals surface area contributed by atoms with Gasteiger partial charge in [-0.1, -0.05) is 12.1 Å². The van der Waals surface area contributed by atoms with Crippen LogP contribution in [0, 0.1) is 17.2 Å². The molecule has 7 heteroatoms. The van der Waals surface area contributed by atoms with Gasteiger partial charge in [-0.25, -0.2) is 0 Å². The molecule has 1 amide bonds. The van der Waals surface area contributed by atoms with Crippen LogP contribution in [0.2, 0.25) is 0 Å². The molecule has 1 atom stereocenters. The Hall–Kier alpha value is -2.75. The minimum atomic E-state index is -0.218. The summed E-state index contributed by atoms with van der Waals surface area (Å²) in [6.07, 6.45) is 1.43. The lowest BCUT2D eigenvalue weighted by molar-refractivity contribution is 0.0785. The van der Waals surface area contributed by atoms with Gasteiger partial charge >= 0.3 is 0 Å². The lowest BCUT2D eigenvalue weighted by atomic mass is 10.1. The van der Waals surface area contributed by atoms with E-state index in [9.17, 15) is 4.79 Å². The summed E-state index contributed by atoms with van der Waals surface area (Å²) >= 11 is 0.